The van der Waals surface area contributed by atoms with Crippen molar-refractivity contribution in [3.8, 4) is 0 Å². The minimum Gasteiger partial charge on any atom is -0.397 e. The van der Waals surface area contributed by atoms with Crippen molar-refractivity contribution in [1.82, 2.24) is 0 Å². The molecule has 2 aromatic carbocycles. The summed E-state index contributed by atoms with van der Waals surface area (Å²) >= 11 is 0. The fraction of sp³-hybridized carbons (Fsp3) is 0.235. The Balaban J connectivity index is 1.86. The average Bonchev–Trinajstić information content (AvgIpc) is 2.49. The second-order valence-electron chi connectivity index (χ2n) is 5.32. The summed E-state index contributed by atoms with van der Waals surface area (Å²) in [6.07, 6.45) is 2.31. The van der Waals surface area contributed by atoms with E-state index in [1.165, 1.54) is 5.56 Å². The molecule has 4 heteroatoms. The normalized spacial score (nSPS) is 13.5. The lowest BCUT2D eigenvalue weighted by molar-refractivity contribution is -0.116. The highest BCUT2D eigenvalue weighted by atomic mass is 16.1. The number of hydrogen-bond donors (Lipinski definition) is 3. The van der Waals surface area contributed by atoms with Crippen LogP contribution in [0.3, 0.4) is 0 Å². The van der Waals surface area contributed by atoms with E-state index in [0.717, 1.165) is 35.5 Å². The number of nitrogens with two attached hydrogens (primary N) is 1. The Morgan fingerprint density at radius 2 is 1.95 bits per heavy atom. The van der Waals surface area contributed by atoms with Gasteiger partial charge < -0.3 is 16.4 Å². The summed E-state index contributed by atoms with van der Waals surface area (Å²) in [5.74, 6) is 0.0535. The first-order valence-electron chi connectivity index (χ1n) is 7.24. The minimum atomic E-state index is 0.0535. The summed E-state index contributed by atoms with van der Waals surface area (Å²) in [7, 11) is 0. The van der Waals surface area contributed by atoms with Gasteiger partial charge in [0.05, 0.1) is 11.4 Å². The number of amides is 1. The van der Waals surface area contributed by atoms with Gasteiger partial charge in [0.1, 0.15) is 0 Å². The quantitative estimate of drug-likeness (QED) is 0.755. The first-order valence-corrected chi connectivity index (χ1v) is 7.24. The molecule has 4 nitrogen and oxygen atoms in total. The minimum absolute atomic E-state index is 0.0535. The highest BCUT2D eigenvalue weighted by Crippen LogP contribution is 2.32. The SMILES string of the molecule is CCc1ccc(Nc2cc3c(cc2N)NC(=O)CC3)cc1. The average molecular weight is 281 g/mol. The van der Waals surface area contributed by atoms with E-state index in [-0.39, 0.29) is 5.91 Å². The number of fused-ring (bicyclic) bond motifs is 1. The van der Waals surface area contributed by atoms with E-state index in [0.29, 0.717) is 12.1 Å². The van der Waals surface area contributed by atoms with E-state index in [1.807, 2.05) is 12.1 Å². The van der Waals surface area contributed by atoms with Crippen molar-refractivity contribution in [3.63, 3.8) is 0 Å². The number of hydrogen-bond acceptors (Lipinski definition) is 3. The van der Waals surface area contributed by atoms with Gasteiger partial charge in [-0.1, -0.05) is 19.1 Å². The summed E-state index contributed by atoms with van der Waals surface area (Å²) in [6, 6.07) is 12.2. The Bertz CT molecular complexity index is 677. The molecule has 0 atom stereocenters. The van der Waals surface area contributed by atoms with Crippen LogP contribution in [0.4, 0.5) is 22.7 Å². The maximum absolute atomic E-state index is 11.4. The Hall–Kier alpha value is -2.49. The van der Waals surface area contributed by atoms with E-state index >= 15 is 0 Å². The van der Waals surface area contributed by atoms with Gasteiger partial charge in [-0.2, -0.15) is 0 Å². The van der Waals surface area contributed by atoms with Crippen molar-refractivity contribution >= 4 is 28.7 Å². The molecular weight excluding hydrogens is 262 g/mol. The van der Waals surface area contributed by atoms with Crippen LogP contribution in [0.5, 0.6) is 0 Å². The van der Waals surface area contributed by atoms with Gasteiger partial charge in [-0.05, 0) is 48.2 Å². The molecule has 1 aliphatic heterocycles. The highest BCUT2D eigenvalue weighted by Gasteiger charge is 2.16. The molecule has 2 aromatic rings. The molecule has 0 aromatic heterocycles. The van der Waals surface area contributed by atoms with Gasteiger partial charge in [0.2, 0.25) is 5.91 Å². The van der Waals surface area contributed by atoms with Crippen molar-refractivity contribution in [2.45, 2.75) is 26.2 Å². The summed E-state index contributed by atoms with van der Waals surface area (Å²) in [5.41, 5.74) is 11.9. The number of nitrogens with one attached hydrogen (secondary N) is 2. The number of nitrogen functional groups attached to an aromatic ring is 1. The third-order valence-electron chi connectivity index (χ3n) is 3.81. The maximum atomic E-state index is 11.4. The number of rotatable bonds is 3. The van der Waals surface area contributed by atoms with Crippen LogP contribution in [0.25, 0.3) is 0 Å². The molecule has 108 valence electrons. The zero-order valence-corrected chi connectivity index (χ0v) is 12.1. The molecule has 1 aliphatic rings. The predicted molar refractivity (Wildman–Crippen MR) is 86.9 cm³/mol. The fourth-order valence-electron chi connectivity index (χ4n) is 2.53. The number of anilines is 4. The standard InChI is InChI=1S/C17H19N3O/c1-2-11-3-6-13(7-4-11)19-16-9-12-5-8-17(21)20-15(12)10-14(16)18/h3-4,6-7,9-10,19H,2,5,8,18H2,1H3,(H,20,21). The summed E-state index contributed by atoms with van der Waals surface area (Å²) in [4.78, 5) is 11.4. The van der Waals surface area contributed by atoms with Gasteiger partial charge in [0.25, 0.3) is 0 Å². The highest BCUT2D eigenvalue weighted by molar-refractivity contribution is 5.95. The number of aryl methyl sites for hydroxylation is 2. The molecule has 0 unspecified atom stereocenters. The Kier molecular flexibility index (Phi) is 3.52. The van der Waals surface area contributed by atoms with Gasteiger partial charge in [-0.15, -0.1) is 0 Å². The van der Waals surface area contributed by atoms with Crippen LogP contribution < -0.4 is 16.4 Å². The smallest absolute Gasteiger partial charge is 0.224 e. The Morgan fingerprint density at radius 3 is 2.67 bits per heavy atom. The summed E-state index contributed by atoms with van der Waals surface area (Å²) < 4.78 is 0. The molecule has 1 heterocycles. The molecule has 0 saturated heterocycles. The van der Waals surface area contributed by atoms with Crippen LogP contribution in [0.15, 0.2) is 36.4 Å². The largest absolute Gasteiger partial charge is 0.397 e. The molecular formula is C17H19N3O. The molecule has 0 saturated carbocycles. The van der Waals surface area contributed by atoms with Crippen molar-refractivity contribution in [2.75, 3.05) is 16.4 Å². The molecule has 0 fully saturated rings. The Morgan fingerprint density at radius 1 is 1.19 bits per heavy atom. The second-order valence-corrected chi connectivity index (χ2v) is 5.32. The van der Waals surface area contributed by atoms with Crippen LogP contribution >= 0.6 is 0 Å². The van der Waals surface area contributed by atoms with Gasteiger partial charge in [-0.25, -0.2) is 0 Å². The van der Waals surface area contributed by atoms with Crippen molar-refractivity contribution in [1.29, 1.82) is 0 Å². The van der Waals surface area contributed by atoms with Gasteiger partial charge in [0.15, 0.2) is 0 Å². The first kappa shape index (κ1) is 13.5. The lowest BCUT2D eigenvalue weighted by Crippen LogP contribution is -2.19. The topological polar surface area (TPSA) is 67.2 Å². The fourth-order valence-corrected chi connectivity index (χ4v) is 2.53. The molecule has 4 N–H and O–H groups in total. The van der Waals surface area contributed by atoms with Crippen LogP contribution in [-0.2, 0) is 17.6 Å². The first-order chi connectivity index (χ1) is 10.2. The van der Waals surface area contributed by atoms with E-state index in [2.05, 4.69) is 41.8 Å². The van der Waals surface area contributed by atoms with Gasteiger partial charge in [0, 0.05) is 17.8 Å². The van der Waals surface area contributed by atoms with Crippen LogP contribution in [-0.4, -0.2) is 5.91 Å². The Labute approximate surface area is 124 Å². The number of benzene rings is 2. The van der Waals surface area contributed by atoms with Gasteiger partial charge >= 0.3 is 0 Å². The van der Waals surface area contributed by atoms with Gasteiger partial charge in [-0.3, -0.25) is 4.79 Å². The third-order valence-corrected chi connectivity index (χ3v) is 3.81. The van der Waals surface area contributed by atoms with Crippen molar-refractivity contribution < 1.29 is 4.79 Å². The van der Waals surface area contributed by atoms with E-state index in [9.17, 15) is 4.79 Å². The van der Waals surface area contributed by atoms with Crippen LogP contribution in [0.1, 0.15) is 24.5 Å². The lowest BCUT2D eigenvalue weighted by Gasteiger charge is -2.20. The molecule has 0 bridgehead atoms. The van der Waals surface area contributed by atoms with E-state index in [4.69, 9.17) is 5.73 Å². The molecule has 1 amide bonds. The summed E-state index contributed by atoms with van der Waals surface area (Å²) in [6.45, 7) is 2.14. The molecule has 0 aliphatic carbocycles. The van der Waals surface area contributed by atoms with Crippen molar-refractivity contribution in [3.05, 3.63) is 47.5 Å². The van der Waals surface area contributed by atoms with Crippen LogP contribution in [0.2, 0.25) is 0 Å². The molecule has 0 spiro atoms. The number of carbonyl (C=O) groups is 1. The zero-order chi connectivity index (χ0) is 14.8. The zero-order valence-electron chi connectivity index (χ0n) is 12.1. The van der Waals surface area contributed by atoms with E-state index in [1.54, 1.807) is 0 Å². The number of carbonyl (C=O) groups excluding carboxylic acids is 1. The van der Waals surface area contributed by atoms with Crippen LogP contribution in [0, 0.1) is 0 Å². The maximum Gasteiger partial charge on any atom is 0.224 e. The molecule has 21 heavy (non-hydrogen) atoms. The molecule has 3 rings (SSSR count). The summed E-state index contributed by atoms with van der Waals surface area (Å²) in [5, 5.41) is 6.21. The van der Waals surface area contributed by atoms with Crippen molar-refractivity contribution in [2.24, 2.45) is 0 Å². The molecule has 0 radical (unpaired) electrons. The van der Waals surface area contributed by atoms with E-state index < -0.39 is 0 Å². The second kappa shape index (κ2) is 5.48. The predicted octanol–water partition coefficient (Wildman–Crippen LogP) is 3.46. The monoisotopic (exact) mass is 281 g/mol. The third kappa shape index (κ3) is 2.84. The lowest BCUT2D eigenvalue weighted by atomic mass is 10.0.